The number of nitrogens with two attached hydrogens (primary N) is 1. The van der Waals surface area contributed by atoms with Crippen molar-refractivity contribution in [3.05, 3.63) is 35.4 Å². The van der Waals surface area contributed by atoms with E-state index in [2.05, 4.69) is 0 Å². The second-order valence-corrected chi connectivity index (χ2v) is 8.16. The van der Waals surface area contributed by atoms with Crippen molar-refractivity contribution in [1.29, 1.82) is 0 Å². The summed E-state index contributed by atoms with van der Waals surface area (Å²) in [6, 6.07) is 5.62. The smallest absolute Gasteiger partial charge is 0.410 e. The maximum absolute atomic E-state index is 12.2. The van der Waals surface area contributed by atoms with Crippen molar-refractivity contribution in [3.8, 4) is 0 Å². The third-order valence-electron chi connectivity index (χ3n) is 3.40. The van der Waals surface area contributed by atoms with Crippen molar-refractivity contribution >= 4 is 28.5 Å². The molecule has 1 aliphatic heterocycles. The molecule has 1 aliphatic rings. The predicted octanol–water partition coefficient (Wildman–Crippen LogP) is 2.78. The molecule has 1 aromatic carbocycles. The van der Waals surface area contributed by atoms with Gasteiger partial charge in [-0.3, -0.25) is 0 Å². The quantitative estimate of drug-likeness (QED) is 0.680. The summed E-state index contributed by atoms with van der Waals surface area (Å²) in [5, 5.41) is 0. The van der Waals surface area contributed by atoms with Crippen LogP contribution in [-0.2, 0) is 21.7 Å². The molecule has 0 spiro atoms. The second-order valence-electron chi connectivity index (χ2n) is 6.72. The van der Waals surface area contributed by atoms with Crippen molar-refractivity contribution < 1.29 is 14.1 Å². The van der Waals surface area contributed by atoms with E-state index >= 15 is 0 Å². The molecular weight excluding hydrogens is 312 g/mol. The number of nitrogen functional groups attached to an aromatic ring is 1. The van der Waals surface area contributed by atoms with E-state index in [0.717, 1.165) is 16.7 Å². The van der Waals surface area contributed by atoms with E-state index in [1.807, 2.05) is 45.0 Å². The Kier molecular flexibility index (Phi) is 5.26. The highest BCUT2D eigenvalue weighted by molar-refractivity contribution is 7.89. The molecule has 2 N–H and O–H groups in total. The van der Waals surface area contributed by atoms with E-state index in [1.165, 1.54) is 0 Å². The molecule has 0 saturated heterocycles. The van der Waals surface area contributed by atoms with Crippen LogP contribution >= 0.6 is 0 Å². The molecule has 0 aliphatic carbocycles. The van der Waals surface area contributed by atoms with Crippen molar-refractivity contribution in [3.63, 3.8) is 0 Å². The Morgan fingerprint density at radius 2 is 2.13 bits per heavy atom. The molecule has 1 heterocycles. The summed E-state index contributed by atoms with van der Waals surface area (Å²) in [5.74, 6) is 0.449. The number of carbonyl (C=O) groups is 1. The van der Waals surface area contributed by atoms with Crippen LogP contribution in [0, 0.1) is 0 Å². The first-order valence-corrected chi connectivity index (χ1v) is 9.24. The largest absolute Gasteiger partial charge is 0.616 e. The molecular formula is C17H24N2O3S. The summed E-state index contributed by atoms with van der Waals surface area (Å²) in [7, 11) is 0. The van der Waals surface area contributed by atoms with E-state index in [1.54, 1.807) is 11.2 Å². The van der Waals surface area contributed by atoms with Crippen LogP contribution in [0.25, 0.3) is 5.57 Å². The van der Waals surface area contributed by atoms with Crippen LogP contribution in [0.3, 0.4) is 0 Å². The molecule has 126 valence electrons. The number of ether oxygens (including phenoxy) is 1. The Morgan fingerprint density at radius 1 is 1.43 bits per heavy atom. The summed E-state index contributed by atoms with van der Waals surface area (Å²) in [6.07, 6.45) is 3.36. The Labute approximate surface area is 140 Å². The molecule has 1 aromatic rings. The van der Waals surface area contributed by atoms with Gasteiger partial charge in [0.1, 0.15) is 11.4 Å². The first-order chi connectivity index (χ1) is 10.7. The lowest BCUT2D eigenvalue weighted by molar-refractivity contribution is 0.0306. The van der Waals surface area contributed by atoms with Crippen molar-refractivity contribution in [2.75, 3.05) is 25.1 Å². The maximum atomic E-state index is 12.2. The zero-order chi connectivity index (χ0) is 17.2. The van der Waals surface area contributed by atoms with E-state index < -0.39 is 16.8 Å². The first-order valence-electron chi connectivity index (χ1n) is 7.51. The van der Waals surface area contributed by atoms with Gasteiger partial charge in [-0.1, -0.05) is 23.3 Å². The van der Waals surface area contributed by atoms with E-state index in [9.17, 15) is 9.35 Å². The van der Waals surface area contributed by atoms with Gasteiger partial charge in [-0.25, -0.2) is 4.79 Å². The lowest BCUT2D eigenvalue weighted by Crippen LogP contribution is -2.35. The van der Waals surface area contributed by atoms with Crippen molar-refractivity contribution in [1.82, 2.24) is 4.90 Å². The topological polar surface area (TPSA) is 78.6 Å². The lowest BCUT2D eigenvalue weighted by Gasteiger charge is -2.24. The number of hydrogen-bond acceptors (Lipinski definition) is 4. The number of anilines is 1. The van der Waals surface area contributed by atoms with E-state index in [0.29, 0.717) is 24.5 Å². The number of amides is 1. The van der Waals surface area contributed by atoms with Gasteiger partial charge in [0, 0.05) is 24.3 Å². The van der Waals surface area contributed by atoms with E-state index in [-0.39, 0.29) is 6.09 Å². The molecule has 0 bridgehead atoms. The Hall–Kier alpha value is -1.66. The van der Waals surface area contributed by atoms with Crippen LogP contribution in [0.2, 0.25) is 0 Å². The highest BCUT2D eigenvalue weighted by Crippen LogP contribution is 2.28. The first kappa shape index (κ1) is 17.7. The van der Waals surface area contributed by atoms with Crippen LogP contribution in [-0.4, -0.2) is 40.5 Å². The van der Waals surface area contributed by atoms with Gasteiger partial charge in [-0.05, 0) is 44.0 Å². The third kappa shape index (κ3) is 4.91. The van der Waals surface area contributed by atoms with Gasteiger partial charge in [-0.15, -0.1) is 0 Å². The molecule has 5 nitrogen and oxygen atoms in total. The molecule has 1 unspecified atom stereocenters. The minimum Gasteiger partial charge on any atom is -0.616 e. The van der Waals surface area contributed by atoms with Crippen molar-refractivity contribution in [2.45, 2.75) is 32.1 Å². The van der Waals surface area contributed by atoms with E-state index in [4.69, 9.17) is 10.5 Å². The maximum Gasteiger partial charge on any atom is 0.410 e. The predicted molar refractivity (Wildman–Crippen MR) is 94.4 cm³/mol. The molecule has 0 fully saturated rings. The van der Waals surface area contributed by atoms with Gasteiger partial charge in [0.15, 0.2) is 0 Å². The molecule has 0 saturated carbocycles. The lowest BCUT2D eigenvalue weighted by atomic mass is 10.0. The van der Waals surface area contributed by atoms with Crippen LogP contribution in [0.4, 0.5) is 10.5 Å². The highest BCUT2D eigenvalue weighted by atomic mass is 32.2. The fourth-order valence-electron chi connectivity index (χ4n) is 2.48. The average Bonchev–Trinajstić information content (AvgIpc) is 2.85. The molecule has 1 amide bonds. The van der Waals surface area contributed by atoms with Crippen LogP contribution < -0.4 is 5.73 Å². The highest BCUT2D eigenvalue weighted by Gasteiger charge is 2.26. The third-order valence-corrected chi connectivity index (χ3v) is 4.12. The minimum atomic E-state index is -0.954. The normalized spacial score (nSPS) is 16.2. The number of nitrogens with zero attached hydrogens (tertiary/aromatic N) is 1. The number of rotatable bonds is 3. The molecule has 0 radical (unpaired) electrons. The van der Waals surface area contributed by atoms with Gasteiger partial charge < -0.3 is 19.9 Å². The van der Waals surface area contributed by atoms with Gasteiger partial charge in [-0.2, -0.15) is 0 Å². The van der Waals surface area contributed by atoms with Crippen LogP contribution in [0.15, 0.2) is 24.3 Å². The van der Waals surface area contributed by atoms with Crippen LogP contribution in [0.1, 0.15) is 31.9 Å². The fourth-order valence-corrected chi connectivity index (χ4v) is 3.16. The summed E-state index contributed by atoms with van der Waals surface area (Å²) in [6.45, 7) is 6.56. The second kappa shape index (κ2) is 6.84. The van der Waals surface area contributed by atoms with Crippen molar-refractivity contribution in [2.24, 2.45) is 0 Å². The van der Waals surface area contributed by atoms with Gasteiger partial charge >= 0.3 is 6.09 Å². The zero-order valence-corrected chi connectivity index (χ0v) is 14.9. The van der Waals surface area contributed by atoms with Gasteiger partial charge in [0.2, 0.25) is 0 Å². The number of carbonyl (C=O) groups excluding carboxylic acids is 1. The summed E-state index contributed by atoms with van der Waals surface area (Å²) < 4.78 is 17.0. The SMILES string of the molecule is C[S+]([O-])Cc1cc(N)ccc1C1=CCN(C(=O)OC(C)(C)C)C1. The van der Waals surface area contributed by atoms with Gasteiger partial charge in [0.25, 0.3) is 0 Å². The molecule has 6 heteroatoms. The monoisotopic (exact) mass is 336 g/mol. The molecule has 23 heavy (non-hydrogen) atoms. The Balaban J connectivity index is 2.14. The minimum absolute atomic E-state index is 0.320. The number of hydrogen-bond donors (Lipinski definition) is 1. The molecule has 0 aromatic heterocycles. The van der Waals surface area contributed by atoms with Gasteiger partial charge in [0.05, 0.1) is 6.26 Å². The average molecular weight is 336 g/mol. The zero-order valence-electron chi connectivity index (χ0n) is 14.1. The number of benzene rings is 1. The molecule has 2 rings (SSSR count). The Bertz CT molecular complexity index is 621. The summed E-state index contributed by atoms with van der Waals surface area (Å²) >= 11 is -0.954. The fraction of sp³-hybridized carbons (Fsp3) is 0.471. The summed E-state index contributed by atoms with van der Waals surface area (Å²) in [4.78, 5) is 13.8. The summed E-state index contributed by atoms with van der Waals surface area (Å²) in [5.41, 5.74) is 8.97. The standard InChI is InChI=1S/C17H24N2O3S/c1-17(2,3)22-16(20)19-8-7-12(10-19)15-6-5-14(18)9-13(15)11-23(4)21/h5-7,9H,8,10-11,18H2,1-4H3. The van der Waals surface area contributed by atoms with Crippen LogP contribution in [0.5, 0.6) is 0 Å². The Morgan fingerprint density at radius 3 is 2.74 bits per heavy atom. The molecule has 1 atom stereocenters.